The second-order valence-electron chi connectivity index (χ2n) is 7.02. The molecule has 3 rings (SSSR count). The minimum absolute atomic E-state index is 0.0471. The molecule has 6 nitrogen and oxygen atoms in total. The number of fused-ring (bicyclic) bond motifs is 1. The molecule has 0 fully saturated rings. The Morgan fingerprint density at radius 1 is 1.17 bits per heavy atom. The van der Waals surface area contributed by atoms with E-state index in [9.17, 15) is 0 Å². The molecule has 2 N–H and O–H groups in total. The van der Waals surface area contributed by atoms with Crippen molar-refractivity contribution in [3.05, 3.63) is 39.1 Å². The average Bonchev–Trinajstić information content (AvgIpc) is 2.49. The van der Waals surface area contributed by atoms with Crippen molar-refractivity contribution in [2.75, 3.05) is 12.3 Å². The number of aromatic nitrogens is 4. The zero-order chi connectivity index (χ0) is 17.5. The van der Waals surface area contributed by atoms with Gasteiger partial charge in [-0.3, -0.25) is 4.90 Å². The van der Waals surface area contributed by atoms with E-state index in [0.717, 1.165) is 36.6 Å². The van der Waals surface area contributed by atoms with Crippen LogP contribution in [-0.2, 0) is 24.9 Å². The molecule has 2 aromatic heterocycles. The van der Waals surface area contributed by atoms with Crippen molar-refractivity contribution in [1.29, 1.82) is 0 Å². The number of nitrogen functional groups attached to an aromatic ring is 1. The number of nitrogens with two attached hydrogens (primary N) is 1. The summed E-state index contributed by atoms with van der Waals surface area (Å²) in [5, 5.41) is 0.607. The fraction of sp³-hybridized carbons (Fsp3) is 0.500. The highest BCUT2D eigenvalue weighted by Crippen LogP contribution is 2.27. The van der Waals surface area contributed by atoms with Crippen molar-refractivity contribution in [2.24, 2.45) is 0 Å². The molecule has 0 atom stereocenters. The molecule has 24 heavy (non-hydrogen) atoms. The van der Waals surface area contributed by atoms with E-state index in [2.05, 4.69) is 40.6 Å². The Balaban J connectivity index is 1.79. The number of hydrogen-bond donors (Lipinski definition) is 1. The van der Waals surface area contributed by atoms with Crippen molar-refractivity contribution in [3.63, 3.8) is 0 Å². The summed E-state index contributed by atoms with van der Waals surface area (Å²) in [5.74, 6) is 0.966. The molecule has 1 aliphatic heterocycles. The molecule has 128 valence electrons. The Kier molecular flexibility index (Phi) is 4.64. The first-order chi connectivity index (χ1) is 11.2. The molecule has 0 radical (unpaired) electrons. The van der Waals surface area contributed by atoms with Crippen LogP contribution in [0.3, 0.4) is 0 Å². The van der Waals surface area contributed by atoms with Gasteiger partial charge < -0.3 is 5.73 Å². The van der Waals surface area contributed by atoms with Crippen LogP contribution in [0.25, 0.3) is 0 Å². The smallest absolute Gasteiger partial charge is 0.222 e. The van der Waals surface area contributed by atoms with Crippen molar-refractivity contribution < 1.29 is 0 Å². The predicted octanol–water partition coefficient (Wildman–Crippen LogP) is 3.01. The van der Waals surface area contributed by atoms with Gasteiger partial charge in [0.2, 0.25) is 5.95 Å². The highest BCUT2D eigenvalue weighted by molar-refractivity contribution is 6.34. The summed E-state index contributed by atoms with van der Waals surface area (Å²) in [6.07, 6.45) is 2.80. The molecule has 0 saturated carbocycles. The van der Waals surface area contributed by atoms with E-state index < -0.39 is 0 Å². The van der Waals surface area contributed by atoms with Gasteiger partial charge in [0, 0.05) is 54.5 Å². The van der Waals surface area contributed by atoms with Gasteiger partial charge in [-0.05, 0) is 0 Å². The van der Waals surface area contributed by atoms with Gasteiger partial charge in [0.1, 0.15) is 16.1 Å². The molecular weight excluding hydrogens is 347 g/mol. The second kappa shape index (κ2) is 6.43. The van der Waals surface area contributed by atoms with E-state index in [1.807, 2.05) is 6.20 Å². The van der Waals surface area contributed by atoms with Crippen LogP contribution in [0.15, 0.2) is 6.20 Å². The lowest BCUT2D eigenvalue weighted by atomic mass is 9.95. The average molecular weight is 367 g/mol. The highest BCUT2D eigenvalue weighted by Gasteiger charge is 2.24. The molecular formula is C16H20Cl2N6. The molecule has 0 spiro atoms. The maximum Gasteiger partial charge on any atom is 0.222 e. The van der Waals surface area contributed by atoms with Gasteiger partial charge in [0.15, 0.2) is 0 Å². The van der Waals surface area contributed by atoms with E-state index in [-0.39, 0.29) is 11.4 Å². The summed E-state index contributed by atoms with van der Waals surface area (Å²) in [6, 6.07) is 0. The van der Waals surface area contributed by atoms with E-state index in [1.54, 1.807) is 0 Å². The number of halogens is 2. The molecule has 0 amide bonds. The van der Waals surface area contributed by atoms with Crippen LogP contribution in [0.5, 0.6) is 0 Å². The summed E-state index contributed by atoms with van der Waals surface area (Å²) in [4.78, 5) is 19.5. The summed E-state index contributed by atoms with van der Waals surface area (Å²) >= 11 is 12.3. The predicted molar refractivity (Wildman–Crippen MR) is 95.0 cm³/mol. The zero-order valence-corrected chi connectivity index (χ0v) is 15.5. The van der Waals surface area contributed by atoms with Gasteiger partial charge in [-0.25, -0.2) is 19.9 Å². The van der Waals surface area contributed by atoms with E-state index in [1.165, 1.54) is 0 Å². The number of rotatable bonds is 2. The lowest BCUT2D eigenvalue weighted by Crippen LogP contribution is -2.32. The lowest BCUT2D eigenvalue weighted by Gasteiger charge is -2.29. The first kappa shape index (κ1) is 17.3. The van der Waals surface area contributed by atoms with Crippen LogP contribution in [0.2, 0.25) is 10.3 Å². The van der Waals surface area contributed by atoms with Crippen LogP contribution in [0.1, 0.15) is 43.4 Å². The fourth-order valence-electron chi connectivity index (χ4n) is 2.67. The van der Waals surface area contributed by atoms with Crippen LogP contribution >= 0.6 is 23.2 Å². The van der Waals surface area contributed by atoms with Crippen molar-refractivity contribution in [3.8, 4) is 0 Å². The quantitative estimate of drug-likeness (QED) is 0.822. The van der Waals surface area contributed by atoms with Gasteiger partial charge in [0.25, 0.3) is 0 Å². The van der Waals surface area contributed by atoms with Gasteiger partial charge in [-0.15, -0.1) is 0 Å². The molecule has 3 heterocycles. The molecule has 1 aliphatic rings. The zero-order valence-electron chi connectivity index (χ0n) is 14.0. The van der Waals surface area contributed by atoms with Crippen LogP contribution in [-0.4, -0.2) is 31.4 Å². The standard InChI is InChI=1S/C16H20Cl2N6/c1-16(2,3)14-20-6-9-7-24(5-4-11(9)21-14)8-10-12(17)22-15(19)23-13(10)18/h6H,4-5,7-8H2,1-3H3,(H2,19,22,23). The Bertz CT molecular complexity index is 749. The largest absolute Gasteiger partial charge is 0.368 e. The van der Waals surface area contributed by atoms with Gasteiger partial charge in [0.05, 0.1) is 0 Å². The van der Waals surface area contributed by atoms with E-state index >= 15 is 0 Å². The number of nitrogens with zero attached hydrogens (tertiary/aromatic N) is 5. The molecule has 8 heteroatoms. The molecule has 0 saturated heterocycles. The van der Waals surface area contributed by atoms with Crippen molar-refractivity contribution >= 4 is 29.2 Å². The summed E-state index contributed by atoms with van der Waals surface area (Å²) in [5.41, 5.74) is 8.46. The number of hydrogen-bond acceptors (Lipinski definition) is 6. The van der Waals surface area contributed by atoms with Gasteiger partial charge >= 0.3 is 0 Å². The van der Waals surface area contributed by atoms with Crippen LogP contribution in [0.4, 0.5) is 5.95 Å². The Labute approximate surface area is 151 Å². The molecule has 0 aliphatic carbocycles. The third kappa shape index (κ3) is 3.61. The second-order valence-corrected chi connectivity index (χ2v) is 7.73. The fourth-order valence-corrected chi connectivity index (χ4v) is 3.19. The van der Waals surface area contributed by atoms with Crippen LogP contribution < -0.4 is 5.73 Å². The summed E-state index contributed by atoms with van der Waals surface area (Å²) in [7, 11) is 0. The van der Waals surface area contributed by atoms with Crippen molar-refractivity contribution in [1.82, 2.24) is 24.8 Å². The van der Waals surface area contributed by atoms with Gasteiger partial charge in [-0.1, -0.05) is 44.0 Å². The van der Waals surface area contributed by atoms with E-state index in [0.29, 0.717) is 22.4 Å². The Hall–Kier alpha value is -1.50. The molecule has 0 unspecified atom stereocenters. The third-order valence-corrected chi connectivity index (χ3v) is 4.61. The maximum absolute atomic E-state index is 6.16. The monoisotopic (exact) mass is 366 g/mol. The van der Waals surface area contributed by atoms with Crippen molar-refractivity contribution in [2.45, 2.75) is 45.7 Å². The minimum atomic E-state index is -0.0471. The summed E-state index contributed by atoms with van der Waals surface area (Å²) < 4.78 is 0. The normalized spacial score (nSPS) is 15.4. The Morgan fingerprint density at radius 3 is 2.46 bits per heavy atom. The number of anilines is 1. The summed E-state index contributed by atoms with van der Waals surface area (Å²) in [6.45, 7) is 8.54. The topological polar surface area (TPSA) is 80.8 Å². The molecule has 2 aromatic rings. The van der Waals surface area contributed by atoms with Gasteiger partial charge in [-0.2, -0.15) is 0 Å². The van der Waals surface area contributed by atoms with Crippen LogP contribution in [0, 0.1) is 0 Å². The van der Waals surface area contributed by atoms with E-state index in [4.69, 9.17) is 33.9 Å². The molecule has 0 bridgehead atoms. The maximum atomic E-state index is 6.16. The minimum Gasteiger partial charge on any atom is -0.368 e. The Morgan fingerprint density at radius 2 is 1.83 bits per heavy atom. The first-order valence-corrected chi connectivity index (χ1v) is 8.54. The highest BCUT2D eigenvalue weighted by atomic mass is 35.5. The lowest BCUT2D eigenvalue weighted by molar-refractivity contribution is 0.241. The molecule has 0 aromatic carbocycles. The SMILES string of the molecule is CC(C)(C)c1ncc2c(n1)CCN(Cc1c(Cl)nc(N)nc1Cl)C2. The third-order valence-electron chi connectivity index (χ3n) is 3.99. The first-order valence-electron chi connectivity index (χ1n) is 7.79.